The lowest BCUT2D eigenvalue weighted by Crippen LogP contribution is -2.32. The van der Waals surface area contributed by atoms with E-state index in [-0.39, 0.29) is 18.6 Å². The Labute approximate surface area is 138 Å². The molecule has 0 aromatic heterocycles. The summed E-state index contributed by atoms with van der Waals surface area (Å²) in [6.07, 6.45) is 0.603. The van der Waals surface area contributed by atoms with Crippen molar-refractivity contribution in [1.29, 1.82) is 0 Å². The van der Waals surface area contributed by atoms with Gasteiger partial charge in [-0.2, -0.15) is 0 Å². The molecule has 0 spiro atoms. The molecule has 5 nitrogen and oxygen atoms in total. The predicted octanol–water partition coefficient (Wildman–Crippen LogP) is 3.26. The Morgan fingerprint density at radius 2 is 1.87 bits per heavy atom. The standard InChI is InChI=1S/C17H14ClNO4/c18-12-1-3-14-10(6-12)5-11(8-21-14)17(20)19-13-2-4-15-16(7-13)23-9-22-15/h1-4,6-7,11H,5,8-9H2,(H,19,20)/t11-/m1/s1. The number of fused-ring (bicyclic) bond motifs is 2. The van der Waals surface area contributed by atoms with Crippen LogP contribution in [0.1, 0.15) is 5.56 Å². The molecular weight excluding hydrogens is 318 g/mol. The van der Waals surface area contributed by atoms with E-state index in [2.05, 4.69) is 5.32 Å². The Balaban J connectivity index is 1.47. The van der Waals surface area contributed by atoms with E-state index in [1.165, 1.54) is 0 Å². The van der Waals surface area contributed by atoms with E-state index in [0.29, 0.717) is 35.2 Å². The minimum absolute atomic E-state index is 0.0884. The van der Waals surface area contributed by atoms with Crippen molar-refractivity contribution in [3.63, 3.8) is 0 Å². The highest BCUT2D eigenvalue weighted by molar-refractivity contribution is 6.30. The SMILES string of the molecule is O=C(Nc1ccc2c(c1)OCO2)[C@H]1COc2ccc(Cl)cc2C1. The van der Waals surface area contributed by atoms with Gasteiger partial charge in [0.15, 0.2) is 11.5 Å². The second-order valence-electron chi connectivity index (χ2n) is 5.52. The minimum atomic E-state index is -0.258. The van der Waals surface area contributed by atoms with Gasteiger partial charge in [-0.3, -0.25) is 4.79 Å². The summed E-state index contributed by atoms with van der Waals surface area (Å²) < 4.78 is 16.2. The number of hydrogen-bond acceptors (Lipinski definition) is 4. The van der Waals surface area contributed by atoms with Crippen LogP contribution < -0.4 is 19.5 Å². The molecule has 0 radical (unpaired) electrons. The van der Waals surface area contributed by atoms with Crippen LogP contribution in [0.25, 0.3) is 0 Å². The fraction of sp³-hybridized carbons (Fsp3) is 0.235. The first kappa shape index (κ1) is 14.2. The van der Waals surface area contributed by atoms with E-state index < -0.39 is 0 Å². The zero-order chi connectivity index (χ0) is 15.8. The van der Waals surface area contributed by atoms with Crippen LogP contribution in [0.5, 0.6) is 17.2 Å². The minimum Gasteiger partial charge on any atom is -0.492 e. The van der Waals surface area contributed by atoms with Gasteiger partial charge in [-0.05, 0) is 42.3 Å². The van der Waals surface area contributed by atoms with E-state index in [9.17, 15) is 4.79 Å². The molecule has 1 atom stereocenters. The molecule has 0 fully saturated rings. The average Bonchev–Trinajstić information content (AvgIpc) is 3.01. The van der Waals surface area contributed by atoms with Crippen LogP contribution >= 0.6 is 11.6 Å². The van der Waals surface area contributed by atoms with Gasteiger partial charge in [0.1, 0.15) is 12.4 Å². The lowest BCUT2D eigenvalue weighted by atomic mass is 9.96. The summed E-state index contributed by atoms with van der Waals surface area (Å²) in [4.78, 5) is 12.5. The van der Waals surface area contributed by atoms with Crippen LogP contribution in [0.15, 0.2) is 36.4 Å². The number of hydrogen-bond donors (Lipinski definition) is 1. The van der Waals surface area contributed by atoms with Crippen LogP contribution in [0.2, 0.25) is 5.02 Å². The summed E-state index contributed by atoms with van der Waals surface area (Å²) in [6.45, 7) is 0.561. The second kappa shape index (κ2) is 5.66. The fourth-order valence-electron chi connectivity index (χ4n) is 2.75. The molecule has 2 aromatic carbocycles. The van der Waals surface area contributed by atoms with Crippen molar-refractivity contribution < 1.29 is 19.0 Å². The lowest BCUT2D eigenvalue weighted by molar-refractivity contribution is -0.121. The van der Waals surface area contributed by atoms with Gasteiger partial charge in [0.2, 0.25) is 12.7 Å². The van der Waals surface area contributed by atoms with Gasteiger partial charge in [0.25, 0.3) is 0 Å². The summed E-state index contributed by atoms with van der Waals surface area (Å²) in [5.41, 5.74) is 1.63. The van der Waals surface area contributed by atoms with Crippen molar-refractivity contribution >= 4 is 23.2 Å². The van der Waals surface area contributed by atoms with Gasteiger partial charge >= 0.3 is 0 Å². The Hall–Kier alpha value is -2.40. The van der Waals surface area contributed by atoms with Crippen LogP contribution in [0.3, 0.4) is 0 Å². The van der Waals surface area contributed by atoms with Crippen LogP contribution in [0.4, 0.5) is 5.69 Å². The molecule has 6 heteroatoms. The zero-order valence-corrected chi connectivity index (χ0v) is 12.9. The summed E-state index contributed by atoms with van der Waals surface area (Å²) in [7, 11) is 0. The maximum atomic E-state index is 12.5. The molecule has 4 rings (SSSR count). The molecule has 2 heterocycles. The fourth-order valence-corrected chi connectivity index (χ4v) is 2.94. The third kappa shape index (κ3) is 2.80. The smallest absolute Gasteiger partial charge is 0.231 e. The van der Waals surface area contributed by atoms with Gasteiger partial charge in [-0.1, -0.05) is 11.6 Å². The van der Waals surface area contributed by atoms with Crippen molar-refractivity contribution in [2.75, 3.05) is 18.7 Å². The van der Waals surface area contributed by atoms with Crippen LogP contribution in [-0.2, 0) is 11.2 Å². The van der Waals surface area contributed by atoms with E-state index in [4.69, 9.17) is 25.8 Å². The van der Waals surface area contributed by atoms with Gasteiger partial charge in [-0.25, -0.2) is 0 Å². The average molecular weight is 332 g/mol. The highest BCUT2D eigenvalue weighted by Gasteiger charge is 2.26. The molecule has 2 aromatic rings. The van der Waals surface area contributed by atoms with Crippen molar-refractivity contribution in [3.8, 4) is 17.2 Å². The first-order valence-electron chi connectivity index (χ1n) is 7.31. The number of rotatable bonds is 2. The molecule has 0 bridgehead atoms. The zero-order valence-electron chi connectivity index (χ0n) is 12.2. The second-order valence-corrected chi connectivity index (χ2v) is 5.96. The summed E-state index contributed by atoms with van der Waals surface area (Å²) >= 11 is 6.01. The first-order chi connectivity index (χ1) is 11.2. The molecule has 1 amide bonds. The van der Waals surface area contributed by atoms with Gasteiger partial charge < -0.3 is 19.5 Å². The number of nitrogens with one attached hydrogen (secondary N) is 1. The molecule has 1 N–H and O–H groups in total. The van der Waals surface area contributed by atoms with Crippen molar-refractivity contribution in [2.45, 2.75) is 6.42 Å². The number of benzene rings is 2. The third-order valence-electron chi connectivity index (χ3n) is 3.94. The summed E-state index contributed by atoms with van der Waals surface area (Å²) in [5, 5.41) is 3.54. The number of carbonyl (C=O) groups excluding carboxylic acids is 1. The number of halogens is 1. The van der Waals surface area contributed by atoms with E-state index in [1.54, 1.807) is 24.3 Å². The topological polar surface area (TPSA) is 56.8 Å². The van der Waals surface area contributed by atoms with Gasteiger partial charge in [0.05, 0.1) is 5.92 Å². The molecule has 2 aliphatic heterocycles. The molecule has 23 heavy (non-hydrogen) atoms. The first-order valence-corrected chi connectivity index (χ1v) is 7.68. The Morgan fingerprint density at radius 3 is 2.78 bits per heavy atom. The van der Waals surface area contributed by atoms with Crippen LogP contribution in [-0.4, -0.2) is 19.3 Å². The van der Waals surface area contributed by atoms with Crippen molar-refractivity contribution in [2.24, 2.45) is 5.92 Å². The quantitative estimate of drug-likeness (QED) is 0.917. The van der Waals surface area contributed by atoms with E-state index in [0.717, 1.165) is 11.3 Å². The molecule has 0 unspecified atom stereocenters. The monoisotopic (exact) mass is 331 g/mol. The van der Waals surface area contributed by atoms with E-state index in [1.807, 2.05) is 12.1 Å². The maximum Gasteiger partial charge on any atom is 0.231 e. The molecule has 0 aliphatic carbocycles. The molecular formula is C17H14ClNO4. The Bertz CT molecular complexity index is 777. The highest BCUT2D eigenvalue weighted by atomic mass is 35.5. The lowest BCUT2D eigenvalue weighted by Gasteiger charge is -2.24. The number of anilines is 1. The Kier molecular flexibility index (Phi) is 3.50. The normalized spacial score (nSPS) is 18.0. The predicted molar refractivity (Wildman–Crippen MR) is 85.3 cm³/mol. The van der Waals surface area contributed by atoms with Crippen molar-refractivity contribution in [3.05, 3.63) is 47.0 Å². The summed E-state index contributed by atoms with van der Waals surface area (Å²) in [5.74, 6) is 1.77. The number of amides is 1. The van der Waals surface area contributed by atoms with Gasteiger partial charge in [0, 0.05) is 16.8 Å². The van der Waals surface area contributed by atoms with Gasteiger partial charge in [-0.15, -0.1) is 0 Å². The van der Waals surface area contributed by atoms with Crippen molar-refractivity contribution in [1.82, 2.24) is 0 Å². The summed E-state index contributed by atoms with van der Waals surface area (Å²) in [6, 6.07) is 10.8. The van der Waals surface area contributed by atoms with E-state index >= 15 is 0 Å². The molecule has 0 saturated heterocycles. The number of carbonyl (C=O) groups is 1. The molecule has 2 aliphatic rings. The number of ether oxygens (including phenoxy) is 3. The molecule has 118 valence electrons. The maximum absolute atomic E-state index is 12.5. The highest BCUT2D eigenvalue weighted by Crippen LogP contribution is 2.35. The molecule has 0 saturated carbocycles. The third-order valence-corrected chi connectivity index (χ3v) is 4.17. The largest absolute Gasteiger partial charge is 0.492 e. The Morgan fingerprint density at radius 1 is 1.04 bits per heavy atom. The van der Waals surface area contributed by atoms with Crippen LogP contribution in [0, 0.1) is 5.92 Å².